The highest BCUT2D eigenvalue weighted by molar-refractivity contribution is 7.89. The number of sulfonamides is 1. The van der Waals surface area contributed by atoms with Crippen LogP contribution in [-0.2, 0) is 19.6 Å². The number of carbonyl (C=O) groups excluding carboxylic acids is 3. The molecule has 2 saturated heterocycles. The number of hydrogen-bond donors (Lipinski definition) is 2. The van der Waals surface area contributed by atoms with Gasteiger partial charge in [-0.3, -0.25) is 19.9 Å². The lowest BCUT2D eigenvalue weighted by molar-refractivity contribution is -0.140. The Hall–Kier alpha value is -2.51. The molecule has 2 aliphatic heterocycles. The van der Waals surface area contributed by atoms with E-state index in [2.05, 4.69) is 22.8 Å². The zero-order valence-corrected chi connectivity index (χ0v) is 20.6. The van der Waals surface area contributed by atoms with Crippen molar-refractivity contribution in [2.24, 2.45) is 5.92 Å². The van der Waals surface area contributed by atoms with E-state index in [1.54, 1.807) is 13.8 Å². The molecule has 1 spiro atoms. The lowest BCUT2D eigenvalue weighted by Gasteiger charge is -2.33. The number of aromatic nitrogens is 1. The second-order valence-corrected chi connectivity index (χ2v) is 11.4. The summed E-state index contributed by atoms with van der Waals surface area (Å²) in [5, 5.41) is 7.31. The molecule has 4 amide bonds. The first-order chi connectivity index (χ1) is 16.0. The fourth-order valence-electron chi connectivity index (χ4n) is 5.00. The maximum absolute atomic E-state index is 13.1. The summed E-state index contributed by atoms with van der Waals surface area (Å²) in [6.45, 7) is 6.56. The first-order valence-corrected chi connectivity index (χ1v) is 13.1. The molecular formula is C21H32N6O6S. The molecule has 3 fully saturated rings. The summed E-state index contributed by atoms with van der Waals surface area (Å²) in [5.74, 6) is -0.156. The van der Waals surface area contributed by atoms with Crippen LogP contribution in [0.25, 0.3) is 0 Å². The number of urea groups is 1. The molecule has 3 heterocycles. The Morgan fingerprint density at radius 1 is 1.18 bits per heavy atom. The Kier molecular flexibility index (Phi) is 6.71. The van der Waals surface area contributed by atoms with E-state index in [1.165, 1.54) is 4.31 Å². The first-order valence-electron chi connectivity index (χ1n) is 11.6. The van der Waals surface area contributed by atoms with E-state index in [4.69, 9.17) is 4.52 Å². The molecule has 1 aromatic heterocycles. The van der Waals surface area contributed by atoms with Crippen molar-refractivity contribution in [3.05, 3.63) is 11.5 Å². The van der Waals surface area contributed by atoms with Gasteiger partial charge in [0.15, 0.2) is 5.76 Å². The van der Waals surface area contributed by atoms with Crippen LogP contribution in [0.3, 0.4) is 0 Å². The van der Waals surface area contributed by atoms with Gasteiger partial charge in [0.25, 0.3) is 11.8 Å². The fourth-order valence-corrected chi connectivity index (χ4v) is 6.76. The summed E-state index contributed by atoms with van der Waals surface area (Å²) in [5.41, 5.74) is 1.84. The first kappa shape index (κ1) is 24.6. The molecule has 3 aliphatic rings. The van der Waals surface area contributed by atoms with Crippen LogP contribution >= 0.6 is 0 Å². The number of imide groups is 1. The molecule has 0 atom stereocenters. The van der Waals surface area contributed by atoms with Crippen LogP contribution in [0.15, 0.2) is 9.42 Å². The number of nitrogens with one attached hydrogen (secondary N) is 2. The predicted octanol–water partition coefficient (Wildman–Crippen LogP) is 0.520. The van der Waals surface area contributed by atoms with Crippen LogP contribution in [0.4, 0.5) is 4.79 Å². The smallest absolute Gasteiger partial charge is 0.344 e. The van der Waals surface area contributed by atoms with E-state index >= 15 is 0 Å². The van der Waals surface area contributed by atoms with Crippen molar-refractivity contribution in [3.8, 4) is 0 Å². The van der Waals surface area contributed by atoms with Crippen molar-refractivity contribution in [3.63, 3.8) is 0 Å². The molecule has 0 aromatic carbocycles. The monoisotopic (exact) mass is 496 g/mol. The largest absolute Gasteiger partial charge is 0.360 e. The normalized spacial score (nSPS) is 27.1. The third-order valence-corrected chi connectivity index (χ3v) is 9.15. The number of aryl methyl sites for hydroxylation is 2. The van der Waals surface area contributed by atoms with Crippen LogP contribution in [-0.4, -0.2) is 83.9 Å². The third-order valence-electron chi connectivity index (χ3n) is 7.01. The number of rotatable bonds is 5. The molecule has 4 rings (SSSR count). The quantitative estimate of drug-likeness (QED) is 0.561. The van der Waals surface area contributed by atoms with Gasteiger partial charge in [0, 0.05) is 19.6 Å². The molecule has 13 heteroatoms. The van der Waals surface area contributed by atoms with E-state index in [1.807, 2.05) is 4.90 Å². The minimum absolute atomic E-state index is 0.0553. The Morgan fingerprint density at radius 2 is 1.88 bits per heavy atom. The van der Waals surface area contributed by atoms with Gasteiger partial charge in [0.05, 0.1) is 6.54 Å². The predicted molar refractivity (Wildman–Crippen MR) is 120 cm³/mol. The Balaban J connectivity index is 1.34. The van der Waals surface area contributed by atoms with Crippen LogP contribution in [0.5, 0.6) is 0 Å². The van der Waals surface area contributed by atoms with Gasteiger partial charge < -0.3 is 9.84 Å². The average molecular weight is 497 g/mol. The van der Waals surface area contributed by atoms with Crippen molar-refractivity contribution >= 4 is 27.9 Å². The van der Waals surface area contributed by atoms with E-state index in [0.29, 0.717) is 50.5 Å². The van der Waals surface area contributed by atoms with Gasteiger partial charge in [-0.1, -0.05) is 12.1 Å². The van der Waals surface area contributed by atoms with Gasteiger partial charge in [-0.25, -0.2) is 13.2 Å². The molecule has 0 unspecified atom stereocenters. The zero-order valence-electron chi connectivity index (χ0n) is 19.8. The van der Waals surface area contributed by atoms with Gasteiger partial charge in [-0.2, -0.15) is 9.31 Å². The number of nitrogens with zero attached hydrogens (tertiary/aromatic N) is 4. The van der Waals surface area contributed by atoms with Crippen molar-refractivity contribution < 1.29 is 27.3 Å². The fraction of sp³-hybridized carbons (Fsp3) is 0.714. The van der Waals surface area contributed by atoms with Crippen LogP contribution in [0.2, 0.25) is 0 Å². The molecule has 188 valence electrons. The van der Waals surface area contributed by atoms with Gasteiger partial charge >= 0.3 is 6.03 Å². The van der Waals surface area contributed by atoms with Crippen LogP contribution in [0.1, 0.15) is 50.5 Å². The number of hydrazine groups is 1. The van der Waals surface area contributed by atoms with Gasteiger partial charge in [0.2, 0.25) is 10.0 Å². The summed E-state index contributed by atoms with van der Waals surface area (Å²) in [6.07, 6.45) is 3.34. The highest BCUT2D eigenvalue weighted by Crippen LogP contribution is 2.35. The lowest BCUT2D eigenvalue weighted by atomic mass is 9.77. The van der Waals surface area contributed by atoms with Crippen molar-refractivity contribution in [1.82, 2.24) is 30.1 Å². The van der Waals surface area contributed by atoms with E-state index in [9.17, 15) is 22.8 Å². The van der Waals surface area contributed by atoms with Crippen LogP contribution < -0.4 is 10.7 Å². The second-order valence-electron chi connectivity index (χ2n) is 9.56. The summed E-state index contributed by atoms with van der Waals surface area (Å²) in [6, 6.07) is -0.611. The molecule has 1 aromatic rings. The van der Waals surface area contributed by atoms with Gasteiger partial charge in [0.1, 0.15) is 16.1 Å². The van der Waals surface area contributed by atoms with E-state index < -0.39 is 33.4 Å². The molecule has 12 nitrogen and oxygen atoms in total. The van der Waals surface area contributed by atoms with E-state index in [-0.39, 0.29) is 23.7 Å². The second kappa shape index (κ2) is 9.27. The Morgan fingerprint density at radius 3 is 2.53 bits per heavy atom. The molecule has 1 saturated carbocycles. The zero-order chi connectivity index (χ0) is 24.7. The SMILES string of the molecule is Cc1noc(C)c1S(=O)(=O)N1CCCN(CC(=O)NN2C(=O)NC3(CCC(C)CC3)C2=O)CC1. The van der Waals surface area contributed by atoms with Crippen molar-refractivity contribution in [2.45, 2.75) is 63.3 Å². The minimum Gasteiger partial charge on any atom is -0.360 e. The maximum atomic E-state index is 13.1. The number of carbonyl (C=O) groups is 3. The molecule has 2 N–H and O–H groups in total. The summed E-state index contributed by atoms with van der Waals surface area (Å²) in [7, 11) is -3.76. The van der Waals surface area contributed by atoms with Gasteiger partial charge in [-0.15, -0.1) is 0 Å². The average Bonchev–Trinajstić information content (AvgIpc) is 3.10. The highest BCUT2D eigenvalue weighted by Gasteiger charge is 2.53. The van der Waals surface area contributed by atoms with Crippen LogP contribution in [0, 0.1) is 19.8 Å². The molecule has 1 aliphatic carbocycles. The Bertz CT molecular complexity index is 1060. The lowest BCUT2D eigenvalue weighted by Crippen LogP contribution is -2.53. The standard InChI is InChI=1S/C21H32N6O6S/c1-14-5-7-21(8-6-14)19(29)27(20(30)22-21)23-17(28)13-25-9-4-10-26(12-11-25)34(31,32)18-15(2)24-33-16(18)3/h14H,4-13H2,1-3H3,(H,22,30)(H,23,28). The maximum Gasteiger partial charge on any atom is 0.344 e. The number of amides is 4. The topological polar surface area (TPSA) is 145 Å². The summed E-state index contributed by atoms with van der Waals surface area (Å²) < 4.78 is 32.6. The molecule has 0 radical (unpaired) electrons. The van der Waals surface area contributed by atoms with Gasteiger partial charge in [-0.05, 0) is 58.4 Å². The number of hydrogen-bond acceptors (Lipinski definition) is 8. The van der Waals surface area contributed by atoms with Crippen molar-refractivity contribution in [1.29, 1.82) is 0 Å². The molecule has 34 heavy (non-hydrogen) atoms. The molecular weight excluding hydrogens is 464 g/mol. The third kappa shape index (κ3) is 4.56. The molecule has 0 bridgehead atoms. The minimum atomic E-state index is -3.76. The summed E-state index contributed by atoms with van der Waals surface area (Å²) >= 11 is 0. The summed E-state index contributed by atoms with van der Waals surface area (Å²) in [4.78, 5) is 39.9. The van der Waals surface area contributed by atoms with E-state index in [0.717, 1.165) is 17.9 Å². The Labute approximate surface area is 199 Å². The van der Waals surface area contributed by atoms with Crippen molar-refractivity contribution in [2.75, 3.05) is 32.7 Å². The highest BCUT2D eigenvalue weighted by atomic mass is 32.2.